The van der Waals surface area contributed by atoms with Gasteiger partial charge >= 0.3 is 6.09 Å². The molecule has 2 aliphatic rings. The van der Waals surface area contributed by atoms with Crippen molar-refractivity contribution < 1.29 is 14.7 Å². The number of carboxylic acid groups (broad SMARTS) is 1. The molecule has 6 nitrogen and oxygen atoms in total. The first kappa shape index (κ1) is 22.2. The van der Waals surface area contributed by atoms with Crippen LogP contribution in [0.3, 0.4) is 0 Å². The molecule has 0 bridgehead atoms. The molecule has 6 heteroatoms. The average molecular weight is 436 g/mol. The first-order valence-corrected chi connectivity index (χ1v) is 11.5. The fourth-order valence-electron chi connectivity index (χ4n) is 5.21. The summed E-state index contributed by atoms with van der Waals surface area (Å²) in [6, 6.07) is 14.7. The maximum atomic E-state index is 13.7. The van der Waals surface area contributed by atoms with Gasteiger partial charge in [0.1, 0.15) is 0 Å². The minimum absolute atomic E-state index is 0.0522. The molecule has 2 atom stereocenters. The smallest absolute Gasteiger partial charge is 0.407 e. The van der Waals surface area contributed by atoms with Crippen molar-refractivity contribution in [1.29, 1.82) is 0 Å². The number of benzene rings is 2. The third-order valence-electron chi connectivity index (χ3n) is 7.09. The Bertz CT molecular complexity index is 998. The summed E-state index contributed by atoms with van der Waals surface area (Å²) in [5.41, 5.74) is 6.06. The Labute approximate surface area is 190 Å². The van der Waals surface area contributed by atoms with Crippen LogP contribution >= 0.6 is 0 Å². The quantitative estimate of drug-likeness (QED) is 0.790. The maximum absolute atomic E-state index is 13.7. The zero-order chi connectivity index (χ0) is 22.8. The zero-order valence-electron chi connectivity index (χ0n) is 19.3. The lowest BCUT2D eigenvalue weighted by Crippen LogP contribution is -2.54. The van der Waals surface area contributed by atoms with E-state index in [0.717, 1.165) is 13.1 Å². The fourth-order valence-corrected chi connectivity index (χ4v) is 5.21. The number of piperidine rings is 1. The molecule has 1 N–H and O–H groups in total. The fraction of sp³-hybridized carbons (Fsp3) is 0.462. The number of carbonyl (C=O) groups excluding carboxylic acids is 1. The normalized spacial score (nSPS) is 21.5. The standard InChI is InChI=1S/C26H33N3O3/c1-18-8-9-20(3)24(16-18)27-12-14-28(15-13-27)25(30)23-17-29(26(31)32)11-10-22(23)21-7-5-4-6-19(21)2/h4-9,16,22-23H,10-15,17H2,1-3H3,(H,31,32)/t22-,23-/m1/s1. The summed E-state index contributed by atoms with van der Waals surface area (Å²) in [5.74, 6) is -0.200. The van der Waals surface area contributed by atoms with E-state index in [2.05, 4.69) is 56.0 Å². The van der Waals surface area contributed by atoms with Gasteiger partial charge < -0.3 is 19.8 Å². The van der Waals surface area contributed by atoms with Crippen molar-refractivity contribution in [3.8, 4) is 0 Å². The van der Waals surface area contributed by atoms with Crippen molar-refractivity contribution >= 4 is 17.7 Å². The summed E-state index contributed by atoms with van der Waals surface area (Å²) < 4.78 is 0. The van der Waals surface area contributed by atoms with Crippen LogP contribution in [-0.4, -0.2) is 66.2 Å². The molecule has 0 aliphatic carbocycles. The molecule has 0 spiro atoms. The van der Waals surface area contributed by atoms with Crippen molar-refractivity contribution in [2.75, 3.05) is 44.2 Å². The molecule has 2 saturated heterocycles. The highest BCUT2D eigenvalue weighted by molar-refractivity contribution is 5.81. The number of hydrogen-bond donors (Lipinski definition) is 1. The van der Waals surface area contributed by atoms with Gasteiger partial charge in [-0.25, -0.2) is 4.79 Å². The van der Waals surface area contributed by atoms with Gasteiger partial charge in [-0.1, -0.05) is 36.4 Å². The number of aryl methyl sites for hydroxylation is 3. The average Bonchev–Trinajstić information content (AvgIpc) is 2.80. The second-order valence-electron chi connectivity index (χ2n) is 9.19. The van der Waals surface area contributed by atoms with E-state index < -0.39 is 6.09 Å². The van der Waals surface area contributed by atoms with Gasteiger partial charge in [0.15, 0.2) is 0 Å². The summed E-state index contributed by atoms with van der Waals surface area (Å²) in [6.07, 6.45) is -0.262. The van der Waals surface area contributed by atoms with Crippen LogP contribution in [0, 0.1) is 26.7 Å². The molecule has 2 aromatic rings. The van der Waals surface area contributed by atoms with E-state index >= 15 is 0 Å². The van der Waals surface area contributed by atoms with E-state index in [4.69, 9.17) is 0 Å². The van der Waals surface area contributed by atoms with E-state index in [1.807, 2.05) is 17.0 Å². The molecule has 2 aromatic carbocycles. The Morgan fingerprint density at radius 2 is 1.59 bits per heavy atom. The number of carbonyl (C=O) groups is 2. The topological polar surface area (TPSA) is 64.1 Å². The molecule has 0 aromatic heterocycles. The van der Waals surface area contributed by atoms with Gasteiger partial charge in [-0.3, -0.25) is 4.79 Å². The molecule has 0 unspecified atom stereocenters. The number of piperazine rings is 1. The van der Waals surface area contributed by atoms with Crippen LogP contribution in [0.5, 0.6) is 0 Å². The summed E-state index contributed by atoms with van der Waals surface area (Å²) in [4.78, 5) is 31.0. The molecule has 32 heavy (non-hydrogen) atoms. The number of rotatable bonds is 3. The first-order chi connectivity index (χ1) is 15.3. The van der Waals surface area contributed by atoms with Crippen molar-refractivity contribution in [3.63, 3.8) is 0 Å². The number of hydrogen-bond acceptors (Lipinski definition) is 3. The van der Waals surface area contributed by atoms with E-state index in [1.165, 1.54) is 32.8 Å². The second kappa shape index (κ2) is 9.23. The summed E-state index contributed by atoms with van der Waals surface area (Å²) >= 11 is 0. The minimum atomic E-state index is -0.939. The van der Waals surface area contributed by atoms with Gasteiger partial charge in [0.05, 0.1) is 5.92 Å². The molecule has 0 saturated carbocycles. The van der Waals surface area contributed by atoms with Crippen LogP contribution < -0.4 is 4.90 Å². The summed E-state index contributed by atoms with van der Waals surface area (Å²) in [7, 11) is 0. The van der Waals surface area contributed by atoms with Crippen molar-refractivity contribution in [1.82, 2.24) is 9.80 Å². The van der Waals surface area contributed by atoms with Crippen LogP contribution in [0.1, 0.15) is 34.6 Å². The van der Waals surface area contributed by atoms with Crippen LogP contribution in [-0.2, 0) is 4.79 Å². The molecular weight excluding hydrogens is 402 g/mol. The first-order valence-electron chi connectivity index (χ1n) is 11.5. The highest BCUT2D eigenvalue weighted by Gasteiger charge is 2.40. The van der Waals surface area contributed by atoms with E-state index in [9.17, 15) is 14.7 Å². The SMILES string of the molecule is Cc1ccc(C)c(N2CCN(C(=O)[C@@H]3CN(C(=O)O)CC[C@@H]3c3ccccc3C)CC2)c1. The molecule has 0 radical (unpaired) electrons. The molecule has 2 amide bonds. The maximum Gasteiger partial charge on any atom is 0.407 e. The molecular formula is C26H33N3O3. The third kappa shape index (κ3) is 4.45. The van der Waals surface area contributed by atoms with E-state index in [-0.39, 0.29) is 24.3 Å². The Hall–Kier alpha value is -3.02. The lowest BCUT2D eigenvalue weighted by atomic mass is 9.78. The van der Waals surface area contributed by atoms with Crippen LogP contribution in [0.15, 0.2) is 42.5 Å². The lowest BCUT2D eigenvalue weighted by Gasteiger charge is -2.42. The van der Waals surface area contributed by atoms with Gasteiger partial charge in [0, 0.05) is 45.0 Å². The minimum Gasteiger partial charge on any atom is -0.465 e. The Kier molecular flexibility index (Phi) is 6.40. The predicted octanol–water partition coefficient (Wildman–Crippen LogP) is 4.04. The third-order valence-corrected chi connectivity index (χ3v) is 7.09. The van der Waals surface area contributed by atoms with Crippen LogP contribution in [0.4, 0.5) is 10.5 Å². The Morgan fingerprint density at radius 1 is 0.875 bits per heavy atom. The molecule has 2 heterocycles. The predicted molar refractivity (Wildman–Crippen MR) is 126 cm³/mol. The largest absolute Gasteiger partial charge is 0.465 e. The Morgan fingerprint density at radius 3 is 2.28 bits per heavy atom. The Balaban J connectivity index is 1.51. The molecule has 2 aliphatic heterocycles. The van der Waals surface area contributed by atoms with E-state index in [0.29, 0.717) is 26.1 Å². The van der Waals surface area contributed by atoms with Crippen LogP contribution in [0.2, 0.25) is 0 Å². The van der Waals surface area contributed by atoms with Gasteiger partial charge in [-0.15, -0.1) is 0 Å². The molecule has 2 fully saturated rings. The van der Waals surface area contributed by atoms with E-state index in [1.54, 1.807) is 0 Å². The van der Waals surface area contributed by atoms with Crippen molar-refractivity contribution in [2.24, 2.45) is 5.92 Å². The molecule has 4 rings (SSSR count). The van der Waals surface area contributed by atoms with Gasteiger partial charge in [-0.2, -0.15) is 0 Å². The number of anilines is 1. The van der Waals surface area contributed by atoms with Crippen LogP contribution in [0.25, 0.3) is 0 Å². The number of nitrogens with zero attached hydrogens (tertiary/aromatic N) is 3. The number of amides is 2. The molecule has 170 valence electrons. The second-order valence-corrected chi connectivity index (χ2v) is 9.19. The highest BCUT2D eigenvalue weighted by Crippen LogP contribution is 2.36. The lowest BCUT2D eigenvalue weighted by molar-refractivity contribution is -0.138. The summed E-state index contributed by atoms with van der Waals surface area (Å²) in [5, 5.41) is 9.56. The monoisotopic (exact) mass is 435 g/mol. The summed E-state index contributed by atoms with van der Waals surface area (Å²) in [6.45, 7) is 9.95. The number of likely N-dealkylation sites (tertiary alicyclic amines) is 1. The van der Waals surface area contributed by atoms with Gasteiger partial charge in [0.25, 0.3) is 0 Å². The van der Waals surface area contributed by atoms with Crippen molar-refractivity contribution in [3.05, 3.63) is 64.7 Å². The zero-order valence-corrected chi connectivity index (χ0v) is 19.3. The van der Waals surface area contributed by atoms with Crippen molar-refractivity contribution in [2.45, 2.75) is 33.1 Å². The van der Waals surface area contributed by atoms with Gasteiger partial charge in [-0.05, 0) is 61.4 Å². The highest BCUT2D eigenvalue weighted by atomic mass is 16.4. The van der Waals surface area contributed by atoms with Gasteiger partial charge in [0.2, 0.25) is 5.91 Å².